The van der Waals surface area contributed by atoms with Crippen LogP contribution in [0.3, 0.4) is 0 Å². The third-order valence-electron chi connectivity index (χ3n) is 2.73. The first kappa shape index (κ1) is 14.3. The number of carbonyl (C=O) groups is 1. The van der Waals surface area contributed by atoms with Gasteiger partial charge < -0.3 is 18.9 Å². The minimum absolute atomic E-state index is 0.0800. The van der Waals surface area contributed by atoms with Crippen LogP contribution in [0.15, 0.2) is 27.3 Å². The van der Waals surface area contributed by atoms with E-state index < -0.39 is 6.10 Å². The summed E-state index contributed by atoms with van der Waals surface area (Å²) in [5.41, 5.74) is 0. The van der Waals surface area contributed by atoms with E-state index in [1.54, 1.807) is 26.1 Å². The van der Waals surface area contributed by atoms with Crippen molar-refractivity contribution in [3.8, 4) is 11.6 Å². The number of aryl methyl sites for hydroxylation is 1. The van der Waals surface area contributed by atoms with Crippen molar-refractivity contribution in [3.05, 3.63) is 24.3 Å². The van der Waals surface area contributed by atoms with Gasteiger partial charge in [-0.15, -0.1) is 0 Å². The van der Waals surface area contributed by atoms with Gasteiger partial charge in [0, 0.05) is 26.4 Å². The number of furan rings is 1. The maximum Gasteiger partial charge on any atom is 0.238 e. The van der Waals surface area contributed by atoms with Gasteiger partial charge in [0.2, 0.25) is 17.6 Å². The normalized spacial score (nSPS) is 12.3. The highest BCUT2D eigenvalue weighted by atomic mass is 16.5. The summed E-state index contributed by atoms with van der Waals surface area (Å²) in [6.07, 6.45) is 1.59. The molecular weight excluding hydrogens is 262 g/mol. The van der Waals surface area contributed by atoms with Crippen molar-refractivity contribution in [1.82, 2.24) is 15.0 Å². The summed E-state index contributed by atoms with van der Waals surface area (Å²) in [4.78, 5) is 17.4. The molecule has 0 spiro atoms. The molecule has 1 unspecified atom stereocenters. The fourth-order valence-electron chi connectivity index (χ4n) is 1.77. The number of aliphatic hydroxyl groups excluding tert-OH is 1. The van der Waals surface area contributed by atoms with Gasteiger partial charge in [-0.05, 0) is 19.1 Å². The van der Waals surface area contributed by atoms with E-state index in [2.05, 4.69) is 10.1 Å². The number of hydrogen-bond acceptors (Lipinski definition) is 6. The second-order valence-electron chi connectivity index (χ2n) is 4.61. The Hall–Kier alpha value is -2.15. The van der Waals surface area contributed by atoms with Crippen molar-refractivity contribution in [3.63, 3.8) is 0 Å². The molecule has 7 heteroatoms. The van der Waals surface area contributed by atoms with Crippen molar-refractivity contribution < 1.29 is 18.8 Å². The Balaban J connectivity index is 1.87. The molecule has 0 saturated heterocycles. The quantitative estimate of drug-likeness (QED) is 0.851. The minimum atomic E-state index is -0.544. The van der Waals surface area contributed by atoms with Crippen LogP contribution < -0.4 is 0 Å². The lowest BCUT2D eigenvalue weighted by Gasteiger charge is -2.18. The van der Waals surface area contributed by atoms with Gasteiger partial charge in [-0.1, -0.05) is 5.16 Å². The first-order chi connectivity index (χ1) is 9.56. The zero-order valence-corrected chi connectivity index (χ0v) is 11.4. The van der Waals surface area contributed by atoms with E-state index in [-0.39, 0.29) is 12.3 Å². The van der Waals surface area contributed by atoms with Crippen LogP contribution in [0.5, 0.6) is 0 Å². The van der Waals surface area contributed by atoms with Crippen LogP contribution in [0.2, 0.25) is 0 Å². The van der Waals surface area contributed by atoms with Gasteiger partial charge in [-0.3, -0.25) is 4.79 Å². The zero-order valence-electron chi connectivity index (χ0n) is 11.4. The molecule has 1 amide bonds. The molecule has 0 aromatic carbocycles. The maximum atomic E-state index is 11.8. The highest BCUT2D eigenvalue weighted by Crippen LogP contribution is 2.16. The number of aromatic nitrogens is 2. The summed E-state index contributed by atoms with van der Waals surface area (Å²) in [6.45, 7) is 1.94. The maximum absolute atomic E-state index is 11.8. The second kappa shape index (κ2) is 6.33. The van der Waals surface area contributed by atoms with E-state index in [1.807, 2.05) is 0 Å². The Bertz CT molecular complexity index is 548. The number of hydrogen-bond donors (Lipinski definition) is 1. The van der Waals surface area contributed by atoms with Gasteiger partial charge in [-0.2, -0.15) is 4.98 Å². The van der Waals surface area contributed by atoms with Crippen LogP contribution in [-0.2, 0) is 11.2 Å². The molecule has 0 aliphatic rings. The Kier molecular flexibility index (Phi) is 4.52. The first-order valence-corrected chi connectivity index (χ1v) is 6.34. The lowest BCUT2D eigenvalue weighted by atomic mass is 10.2. The molecule has 2 rings (SSSR count). The van der Waals surface area contributed by atoms with Crippen LogP contribution in [0.4, 0.5) is 0 Å². The van der Waals surface area contributed by atoms with E-state index in [9.17, 15) is 9.90 Å². The van der Waals surface area contributed by atoms with Gasteiger partial charge in [0.15, 0.2) is 5.76 Å². The van der Waals surface area contributed by atoms with Crippen molar-refractivity contribution >= 4 is 5.91 Å². The van der Waals surface area contributed by atoms with Crippen molar-refractivity contribution in [2.45, 2.75) is 25.9 Å². The van der Waals surface area contributed by atoms with E-state index in [4.69, 9.17) is 8.94 Å². The van der Waals surface area contributed by atoms with Crippen LogP contribution in [0.25, 0.3) is 11.6 Å². The molecule has 0 radical (unpaired) electrons. The molecule has 2 heterocycles. The Morgan fingerprint density at radius 1 is 1.55 bits per heavy atom. The first-order valence-electron chi connectivity index (χ1n) is 6.34. The van der Waals surface area contributed by atoms with E-state index in [0.29, 0.717) is 30.4 Å². The molecule has 2 aromatic rings. The third kappa shape index (κ3) is 3.67. The molecule has 0 saturated carbocycles. The molecule has 0 aliphatic heterocycles. The molecule has 20 heavy (non-hydrogen) atoms. The summed E-state index contributed by atoms with van der Waals surface area (Å²) >= 11 is 0. The summed E-state index contributed by atoms with van der Waals surface area (Å²) in [5, 5.41) is 13.0. The Morgan fingerprint density at radius 3 is 3.00 bits per heavy atom. The van der Waals surface area contributed by atoms with Gasteiger partial charge in [0.1, 0.15) is 0 Å². The average Bonchev–Trinajstić information content (AvgIpc) is 3.05. The summed E-state index contributed by atoms with van der Waals surface area (Å²) < 4.78 is 10.2. The number of rotatable bonds is 6. The number of nitrogens with zero attached hydrogens (tertiary/aromatic N) is 3. The molecule has 0 bridgehead atoms. The lowest BCUT2D eigenvalue weighted by Crippen LogP contribution is -2.33. The molecule has 1 N–H and O–H groups in total. The number of amides is 1. The predicted octanol–water partition coefficient (Wildman–Crippen LogP) is 1.10. The molecule has 1 atom stereocenters. The smallest absolute Gasteiger partial charge is 0.238 e. The fourth-order valence-corrected chi connectivity index (χ4v) is 1.77. The van der Waals surface area contributed by atoms with Crippen LogP contribution >= 0.6 is 0 Å². The molecular formula is C13H17N3O4. The third-order valence-corrected chi connectivity index (χ3v) is 2.73. The van der Waals surface area contributed by atoms with Crippen molar-refractivity contribution in [2.24, 2.45) is 0 Å². The molecule has 0 fully saturated rings. The highest BCUT2D eigenvalue weighted by molar-refractivity contribution is 5.76. The monoisotopic (exact) mass is 279 g/mol. The average molecular weight is 279 g/mol. The topological polar surface area (TPSA) is 92.6 Å². The standard InChI is InChI=1S/C13H17N3O4/c1-9(17)8-16(2)12(18)6-5-11-14-13(15-20-11)10-4-3-7-19-10/h3-4,7,9,17H,5-6,8H2,1-2H3. The number of aliphatic hydroxyl groups is 1. The number of carbonyl (C=O) groups excluding carboxylic acids is 1. The van der Waals surface area contributed by atoms with Gasteiger partial charge >= 0.3 is 0 Å². The van der Waals surface area contributed by atoms with Crippen LogP contribution in [0.1, 0.15) is 19.2 Å². The molecule has 7 nitrogen and oxygen atoms in total. The summed E-state index contributed by atoms with van der Waals surface area (Å²) in [5.74, 6) is 1.20. The molecule has 108 valence electrons. The second-order valence-corrected chi connectivity index (χ2v) is 4.61. The SMILES string of the molecule is CC(O)CN(C)C(=O)CCc1nc(-c2ccco2)no1. The van der Waals surface area contributed by atoms with Gasteiger partial charge in [0.25, 0.3) is 0 Å². The van der Waals surface area contributed by atoms with Gasteiger partial charge in [-0.25, -0.2) is 0 Å². The van der Waals surface area contributed by atoms with Crippen molar-refractivity contribution in [1.29, 1.82) is 0 Å². The fraction of sp³-hybridized carbons (Fsp3) is 0.462. The molecule has 0 aliphatic carbocycles. The van der Waals surface area contributed by atoms with E-state index >= 15 is 0 Å². The summed E-state index contributed by atoms with van der Waals surface area (Å²) in [6, 6.07) is 3.47. The summed E-state index contributed by atoms with van der Waals surface area (Å²) in [7, 11) is 1.65. The zero-order chi connectivity index (χ0) is 14.5. The van der Waals surface area contributed by atoms with Crippen LogP contribution in [-0.4, -0.2) is 45.8 Å². The van der Waals surface area contributed by atoms with E-state index in [1.165, 1.54) is 11.2 Å². The Morgan fingerprint density at radius 2 is 2.35 bits per heavy atom. The molecule has 2 aromatic heterocycles. The van der Waals surface area contributed by atoms with E-state index in [0.717, 1.165) is 0 Å². The largest absolute Gasteiger partial charge is 0.461 e. The van der Waals surface area contributed by atoms with Gasteiger partial charge in [0.05, 0.1) is 12.4 Å². The minimum Gasteiger partial charge on any atom is -0.461 e. The predicted molar refractivity (Wildman–Crippen MR) is 69.6 cm³/mol. The number of likely N-dealkylation sites (N-methyl/N-ethyl adjacent to an activating group) is 1. The van der Waals surface area contributed by atoms with Crippen LogP contribution in [0, 0.1) is 0 Å². The Labute approximate surface area is 116 Å². The van der Waals surface area contributed by atoms with Crippen molar-refractivity contribution in [2.75, 3.05) is 13.6 Å². The lowest BCUT2D eigenvalue weighted by molar-refractivity contribution is -0.131. The highest BCUT2D eigenvalue weighted by Gasteiger charge is 2.15.